The first kappa shape index (κ1) is 15.7. The lowest BCUT2D eigenvalue weighted by Crippen LogP contribution is -2.26. The van der Waals surface area contributed by atoms with Crippen LogP contribution in [0.1, 0.15) is 29.0 Å². The third kappa shape index (κ3) is 3.09. The number of amides is 1. The molecule has 3 aromatic rings. The Morgan fingerprint density at radius 3 is 3.04 bits per heavy atom. The summed E-state index contributed by atoms with van der Waals surface area (Å²) < 4.78 is 9.24. The number of rotatable bonds is 5. The molecular weight excluding hydrogens is 318 g/mol. The van der Waals surface area contributed by atoms with Crippen molar-refractivity contribution in [3.05, 3.63) is 41.7 Å². The molecule has 0 saturated carbocycles. The minimum absolute atomic E-state index is 0.159. The standard InChI is InChI=1S/C18H21N5O2/c1-13-14-6-2-3-7-15(14)20-22(13)9-4-8-19-18(24)16-12-17-23(21-16)10-5-11-25-17/h2-3,6-7,12H,4-5,8-11H2,1H3,(H,19,24). The maximum atomic E-state index is 12.2. The van der Waals surface area contributed by atoms with Crippen LogP contribution in [0.4, 0.5) is 0 Å². The molecule has 0 bridgehead atoms. The van der Waals surface area contributed by atoms with E-state index >= 15 is 0 Å². The smallest absolute Gasteiger partial charge is 0.271 e. The largest absolute Gasteiger partial charge is 0.478 e. The van der Waals surface area contributed by atoms with Crippen molar-refractivity contribution < 1.29 is 9.53 Å². The zero-order chi connectivity index (χ0) is 17.2. The van der Waals surface area contributed by atoms with Gasteiger partial charge in [0.05, 0.1) is 12.1 Å². The van der Waals surface area contributed by atoms with Gasteiger partial charge >= 0.3 is 0 Å². The molecule has 1 aliphatic heterocycles. The molecule has 0 aliphatic carbocycles. The summed E-state index contributed by atoms with van der Waals surface area (Å²) in [5.74, 6) is 0.517. The Labute approximate surface area is 145 Å². The van der Waals surface area contributed by atoms with Crippen LogP contribution in [0.2, 0.25) is 0 Å². The Morgan fingerprint density at radius 1 is 1.32 bits per heavy atom. The predicted octanol–water partition coefficient (Wildman–Crippen LogP) is 2.14. The summed E-state index contributed by atoms with van der Waals surface area (Å²) in [6.45, 7) is 4.91. The summed E-state index contributed by atoms with van der Waals surface area (Å²) in [5, 5.41) is 13.0. The molecule has 1 N–H and O–H groups in total. The van der Waals surface area contributed by atoms with Gasteiger partial charge in [-0.05, 0) is 19.4 Å². The minimum Gasteiger partial charge on any atom is -0.478 e. The first-order valence-corrected chi connectivity index (χ1v) is 8.63. The fourth-order valence-electron chi connectivity index (χ4n) is 3.13. The lowest BCUT2D eigenvalue weighted by Gasteiger charge is -2.13. The number of ether oxygens (including phenoxy) is 1. The number of hydrogen-bond acceptors (Lipinski definition) is 4. The van der Waals surface area contributed by atoms with Crippen molar-refractivity contribution in [2.45, 2.75) is 32.9 Å². The maximum absolute atomic E-state index is 12.2. The third-order valence-electron chi connectivity index (χ3n) is 4.48. The normalized spacial score (nSPS) is 13.5. The number of carbonyl (C=O) groups excluding carboxylic acids is 1. The van der Waals surface area contributed by atoms with E-state index in [1.807, 2.05) is 22.9 Å². The molecule has 1 aliphatic rings. The van der Waals surface area contributed by atoms with Crippen LogP contribution < -0.4 is 10.1 Å². The minimum atomic E-state index is -0.159. The van der Waals surface area contributed by atoms with Gasteiger partial charge in [0.25, 0.3) is 5.91 Å². The molecule has 7 heteroatoms. The molecule has 25 heavy (non-hydrogen) atoms. The van der Waals surface area contributed by atoms with Crippen LogP contribution in [0.3, 0.4) is 0 Å². The molecule has 1 amide bonds. The molecule has 0 fully saturated rings. The monoisotopic (exact) mass is 339 g/mol. The SMILES string of the molecule is Cc1c2ccccc2nn1CCCNC(=O)c1cc2n(n1)CCCO2. The topological polar surface area (TPSA) is 74.0 Å². The van der Waals surface area contributed by atoms with Crippen molar-refractivity contribution in [1.82, 2.24) is 24.9 Å². The molecule has 4 rings (SSSR count). The van der Waals surface area contributed by atoms with E-state index < -0.39 is 0 Å². The number of nitrogens with one attached hydrogen (secondary N) is 1. The number of nitrogens with zero attached hydrogens (tertiary/aromatic N) is 4. The third-order valence-corrected chi connectivity index (χ3v) is 4.48. The average molecular weight is 339 g/mol. The summed E-state index contributed by atoms with van der Waals surface area (Å²) in [6.07, 6.45) is 1.73. The number of benzene rings is 1. The molecule has 0 unspecified atom stereocenters. The Kier molecular flexibility index (Phi) is 4.13. The van der Waals surface area contributed by atoms with Crippen LogP contribution in [0.25, 0.3) is 10.9 Å². The van der Waals surface area contributed by atoms with Crippen LogP contribution in [-0.2, 0) is 13.1 Å². The lowest BCUT2D eigenvalue weighted by molar-refractivity contribution is 0.0946. The fourth-order valence-corrected chi connectivity index (χ4v) is 3.13. The molecule has 1 aromatic carbocycles. The van der Waals surface area contributed by atoms with Crippen LogP contribution in [-0.4, -0.2) is 38.6 Å². The first-order valence-electron chi connectivity index (χ1n) is 8.63. The molecule has 0 saturated heterocycles. The summed E-state index contributed by atoms with van der Waals surface area (Å²) in [4.78, 5) is 12.2. The molecule has 2 aromatic heterocycles. The van der Waals surface area contributed by atoms with E-state index in [4.69, 9.17) is 4.74 Å². The quantitative estimate of drug-likeness (QED) is 0.723. The first-order chi connectivity index (χ1) is 12.2. The van der Waals surface area contributed by atoms with Crippen molar-refractivity contribution in [2.24, 2.45) is 0 Å². The van der Waals surface area contributed by atoms with Gasteiger partial charge in [-0.3, -0.25) is 9.48 Å². The molecule has 130 valence electrons. The Hall–Kier alpha value is -2.83. The zero-order valence-electron chi connectivity index (χ0n) is 14.2. The van der Waals surface area contributed by atoms with Crippen molar-refractivity contribution in [2.75, 3.05) is 13.2 Å². The number of aromatic nitrogens is 4. The van der Waals surface area contributed by atoms with E-state index in [-0.39, 0.29) is 5.91 Å². The maximum Gasteiger partial charge on any atom is 0.271 e. The highest BCUT2D eigenvalue weighted by Crippen LogP contribution is 2.18. The van der Waals surface area contributed by atoms with Crippen molar-refractivity contribution in [1.29, 1.82) is 0 Å². The highest BCUT2D eigenvalue weighted by Gasteiger charge is 2.17. The molecule has 0 atom stereocenters. The second-order valence-corrected chi connectivity index (χ2v) is 6.23. The van der Waals surface area contributed by atoms with Crippen LogP contribution in [0.15, 0.2) is 30.3 Å². The van der Waals surface area contributed by atoms with Gasteiger partial charge in [-0.1, -0.05) is 18.2 Å². The van der Waals surface area contributed by atoms with Crippen molar-refractivity contribution in [3.63, 3.8) is 0 Å². The van der Waals surface area contributed by atoms with Crippen molar-refractivity contribution >= 4 is 16.8 Å². The van der Waals surface area contributed by atoms with Gasteiger partial charge in [-0.2, -0.15) is 10.2 Å². The average Bonchev–Trinajstić information content (AvgIpc) is 3.20. The molecule has 3 heterocycles. The Balaban J connectivity index is 1.32. The fraction of sp³-hybridized carbons (Fsp3) is 0.389. The van der Waals surface area contributed by atoms with Gasteiger partial charge in [0.15, 0.2) is 5.69 Å². The predicted molar refractivity (Wildman–Crippen MR) is 93.8 cm³/mol. The van der Waals surface area contributed by atoms with Crippen molar-refractivity contribution in [3.8, 4) is 5.88 Å². The molecular formula is C18H21N5O2. The Bertz CT molecular complexity index is 888. The summed E-state index contributed by atoms with van der Waals surface area (Å²) in [5.41, 5.74) is 2.58. The van der Waals surface area contributed by atoms with E-state index in [1.165, 1.54) is 5.39 Å². The number of hydrogen-bond donors (Lipinski definition) is 1. The van der Waals surface area contributed by atoms with Crippen LogP contribution >= 0.6 is 0 Å². The number of aryl methyl sites for hydroxylation is 3. The van der Waals surface area contributed by atoms with Gasteiger partial charge in [0.1, 0.15) is 0 Å². The highest BCUT2D eigenvalue weighted by atomic mass is 16.5. The van der Waals surface area contributed by atoms with Gasteiger partial charge in [0, 0.05) is 43.2 Å². The van der Waals surface area contributed by atoms with E-state index in [0.29, 0.717) is 24.7 Å². The summed E-state index contributed by atoms with van der Waals surface area (Å²) in [7, 11) is 0. The molecule has 7 nitrogen and oxygen atoms in total. The van der Waals surface area contributed by atoms with Crippen LogP contribution in [0, 0.1) is 6.92 Å². The number of fused-ring (bicyclic) bond motifs is 2. The summed E-state index contributed by atoms with van der Waals surface area (Å²) >= 11 is 0. The van der Waals surface area contributed by atoms with E-state index in [0.717, 1.165) is 37.1 Å². The number of carbonyl (C=O) groups is 1. The second kappa shape index (κ2) is 6.58. The lowest BCUT2D eigenvalue weighted by atomic mass is 10.2. The molecule has 0 radical (unpaired) electrons. The second-order valence-electron chi connectivity index (χ2n) is 6.23. The summed E-state index contributed by atoms with van der Waals surface area (Å²) in [6, 6.07) is 9.82. The van der Waals surface area contributed by atoms with E-state index in [1.54, 1.807) is 10.7 Å². The zero-order valence-corrected chi connectivity index (χ0v) is 14.2. The Morgan fingerprint density at radius 2 is 2.20 bits per heavy atom. The van der Waals surface area contributed by atoms with Gasteiger partial charge in [-0.15, -0.1) is 0 Å². The molecule has 0 spiro atoms. The van der Waals surface area contributed by atoms with E-state index in [9.17, 15) is 4.79 Å². The van der Waals surface area contributed by atoms with Gasteiger partial charge in [-0.25, -0.2) is 4.68 Å². The highest BCUT2D eigenvalue weighted by molar-refractivity contribution is 5.92. The van der Waals surface area contributed by atoms with Gasteiger partial charge in [0.2, 0.25) is 5.88 Å². The van der Waals surface area contributed by atoms with E-state index in [2.05, 4.69) is 28.5 Å². The van der Waals surface area contributed by atoms with Crippen LogP contribution in [0.5, 0.6) is 5.88 Å². The van der Waals surface area contributed by atoms with Gasteiger partial charge < -0.3 is 10.1 Å².